The van der Waals surface area contributed by atoms with Crippen LogP contribution in [-0.2, 0) is 9.59 Å². The van der Waals surface area contributed by atoms with Crippen molar-refractivity contribution < 1.29 is 14.7 Å². The molecule has 0 bridgehead atoms. The fourth-order valence-corrected chi connectivity index (χ4v) is 1.05. The number of carbonyl (C=O) groups excluding carboxylic acids is 1. The number of nitrogens with one attached hydrogen (secondary N) is 1. The van der Waals surface area contributed by atoms with Crippen molar-refractivity contribution in [3.63, 3.8) is 0 Å². The molecule has 1 aliphatic rings. The molecule has 0 radical (unpaired) electrons. The Balaban J connectivity index is 2.72. The molecule has 0 saturated carbocycles. The Bertz CT molecular complexity index is 213. The van der Waals surface area contributed by atoms with E-state index in [4.69, 9.17) is 5.11 Å². The summed E-state index contributed by atoms with van der Waals surface area (Å²) in [7, 11) is 0. The van der Waals surface area contributed by atoms with Gasteiger partial charge in [0, 0.05) is 6.42 Å². The first-order valence-electron chi connectivity index (χ1n) is 2.68. The number of rotatable bonds is 1. The van der Waals surface area contributed by atoms with E-state index in [-0.39, 0.29) is 17.3 Å². The molecule has 1 aliphatic heterocycles. The molecule has 1 atom stereocenters. The molecule has 10 heavy (non-hydrogen) atoms. The van der Waals surface area contributed by atoms with Crippen molar-refractivity contribution in [2.24, 2.45) is 5.92 Å². The van der Waals surface area contributed by atoms with Crippen molar-refractivity contribution in [2.75, 3.05) is 0 Å². The molecule has 1 amide bonds. The number of hydrogen-bond acceptors (Lipinski definition) is 3. The van der Waals surface area contributed by atoms with Crippen molar-refractivity contribution >= 4 is 29.1 Å². The third kappa shape index (κ3) is 1.13. The van der Waals surface area contributed by atoms with E-state index in [2.05, 4.69) is 17.5 Å². The van der Waals surface area contributed by atoms with E-state index >= 15 is 0 Å². The van der Waals surface area contributed by atoms with E-state index in [0.29, 0.717) is 0 Å². The van der Waals surface area contributed by atoms with Crippen LogP contribution in [0.15, 0.2) is 0 Å². The fraction of sp³-hybridized carbons (Fsp3) is 0.400. The van der Waals surface area contributed by atoms with Gasteiger partial charge in [-0.05, 0) is 0 Å². The Morgan fingerprint density at radius 2 is 2.40 bits per heavy atom. The molecule has 1 rings (SSSR count). The van der Waals surface area contributed by atoms with Gasteiger partial charge in [-0.25, -0.2) is 0 Å². The Kier molecular flexibility index (Phi) is 1.67. The first-order valence-corrected chi connectivity index (χ1v) is 3.08. The van der Waals surface area contributed by atoms with Gasteiger partial charge in [-0.1, -0.05) is 12.2 Å². The van der Waals surface area contributed by atoms with Crippen molar-refractivity contribution in [3.05, 3.63) is 0 Å². The second-order valence-electron chi connectivity index (χ2n) is 2.01. The highest BCUT2D eigenvalue weighted by Crippen LogP contribution is 2.11. The van der Waals surface area contributed by atoms with Crippen molar-refractivity contribution in [1.29, 1.82) is 0 Å². The molecule has 0 aliphatic carbocycles. The molecule has 54 valence electrons. The van der Waals surface area contributed by atoms with Gasteiger partial charge in [0.2, 0.25) is 5.91 Å². The molecular formula is C5H5NO3S. The number of carbonyl (C=O) groups is 2. The van der Waals surface area contributed by atoms with E-state index in [1.165, 1.54) is 0 Å². The predicted molar refractivity (Wildman–Crippen MR) is 36.5 cm³/mol. The van der Waals surface area contributed by atoms with Gasteiger partial charge >= 0.3 is 5.97 Å². The van der Waals surface area contributed by atoms with Gasteiger partial charge in [0.05, 0.1) is 4.99 Å². The molecule has 0 aromatic heterocycles. The van der Waals surface area contributed by atoms with Crippen molar-refractivity contribution in [2.45, 2.75) is 6.42 Å². The Labute approximate surface area is 62.2 Å². The smallest absolute Gasteiger partial charge is 0.313 e. The summed E-state index contributed by atoms with van der Waals surface area (Å²) in [5, 5.41) is 10.7. The topological polar surface area (TPSA) is 66.4 Å². The molecule has 0 spiro atoms. The first kappa shape index (κ1) is 7.14. The van der Waals surface area contributed by atoms with Gasteiger partial charge in [-0.15, -0.1) is 0 Å². The standard InChI is InChI=1S/C5H5NO3S/c7-3-1-2(5(8)9)4(10)6-3/h2H,1H2,(H,8,9)(H,6,7,10). The predicted octanol–water partition coefficient (Wildman–Crippen LogP) is -0.466. The Hall–Kier alpha value is -0.970. The number of amides is 1. The molecule has 0 aromatic rings. The van der Waals surface area contributed by atoms with Gasteiger partial charge in [0.25, 0.3) is 0 Å². The highest BCUT2D eigenvalue weighted by Gasteiger charge is 2.32. The largest absolute Gasteiger partial charge is 0.481 e. The lowest BCUT2D eigenvalue weighted by Gasteiger charge is -1.97. The van der Waals surface area contributed by atoms with Crippen LogP contribution in [0.5, 0.6) is 0 Å². The van der Waals surface area contributed by atoms with Crippen molar-refractivity contribution in [3.8, 4) is 0 Å². The molecule has 4 nitrogen and oxygen atoms in total. The maximum Gasteiger partial charge on any atom is 0.313 e. The lowest BCUT2D eigenvalue weighted by molar-refractivity contribution is -0.140. The third-order valence-electron chi connectivity index (χ3n) is 1.27. The fourth-order valence-electron chi connectivity index (χ4n) is 0.753. The van der Waals surface area contributed by atoms with Crippen LogP contribution in [0.4, 0.5) is 0 Å². The average molecular weight is 159 g/mol. The lowest BCUT2D eigenvalue weighted by Crippen LogP contribution is -2.23. The highest BCUT2D eigenvalue weighted by molar-refractivity contribution is 7.80. The second kappa shape index (κ2) is 2.34. The van der Waals surface area contributed by atoms with Crippen LogP contribution < -0.4 is 5.32 Å². The second-order valence-corrected chi connectivity index (χ2v) is 2.45. The number of carboxylic acids is 1. The van der Waals surface area contributed by atoms with E-state index in [0.717, 1.165) is 0 Å². The molecule has 5 heteroatoms. The molecular weight excluding hydrogens is 154 g/mol. The number of carboxylic acid groups (broad SMARTS) is 1. The summed E-state index contributed by atoms with van der Waals surface area (Å²) in [5.41, 5.74) is 0. The molecule has 2 N–H and O–H groups in total. The van der Waals surface area contributed by atoms with Crippen LogP contribution in [0.2, 0.25) is 0 Å². The third-order valence-corrected chi connectivity index (χ3v) is 1.65. The SMILES string of the molecule is O=C1CC(C(=O)O)C(=S)N1. The van der Waals surface area contributed by atoms with E-state index in [1.807, 2.05) is 0 Å². The zero-order valence-electron chi connectivity index (χ0n) is 4.96. The van der Waals surface area contributed by atoms with E-state index in [1.54, 1.807) is 0 Å². The maximum atomic E-state index is 10.5. The first-order chi connectivity index (χ1) is 4.61. The lowest BCUT2D eigenvalue weighted by atomic mass is 10.1. The maximum absolute atomic E-state index is 10.5. The van der Waals surface area contributed by atoms with Gasteiger partial charge in [-0.3, -0.25) is 9.59 Å². The van der Waals surface area contributed by atoms with Gasteiger partial charge in [0.1, 0.15) is 5.92 Å². The average Bonchev–Trinajstić information content (AvgIpc) is 2.10. The van der Waals surface area contributed by atoms with Crippen LogP contribution in [0.25, 0.3) is 0 Å². The molecule has 1 heterocycles. The minimum atomic E-state index is -1.04. The number of hydrogen-bond donors (Lipinski definition) is 2. The van der Waals surface area contributed by atoms with Crippen LogP contribution in [0.3, 0.4) is 0 Å². The number of thiocarbonyl (C=S) groups is 1. The summed E-state index contributed by atoms with van der Waals surface area (Å²) >= 11 is 4.58. The summed E-state index contributed by atoms with van der Waals surface area (Å²) in [4.78, 5) is 20.9. The highest BCUT2D eigenvalue weighted by atomic mass is 32.1. The van der Waals surface area contributed by atoms with Gasteiger partial charge in [-0.2, -0.15) is 0 Å². The Morgan fingerprint density at radius 1 is 1.80 bits per heavy atom. The van der Waals surface area contributed by atoms with Crippen LogP contribution in [-0.4, -0.2) is 22.0 Å². The molecule has 0 aromatic carbocycles. The number of aliphatic carboxylic acids is 1. The summed E-state index contributed by atoms with van der Waals surface area (Å²) in [5.74, 6) is -2.15. The summed E-state index contributed by atoms with van der Waals surface area (Å²) in [6, 6.07) is 0. The molecule has 1 saturated heterocycles. The van der Waals surface area contributed by atoms with E-state index in [9.17, 15) is 9.59 Å². The zero-order chi connectivity index (χ0) is 7.72. The molecule has 1 fully saturated rings. The van der Waals surface area contributed by atoms with Crippen LogP contribution >= 0.6 is 12.2 Å². The van der Waals surface area contributed by atoms with Crippen molar-refractivity contribution in [1.82, 2.24) is 5.32 Å². The quantitative estimate of drug-likeness (QED) is 0.508. The van der Waals surface area contributed by atoms with E-state index < -0.39 is 11.9 Å². The van der Waals surface area contributed by atoms with Crippen LogP contribution in [0, 0.1) is 5.92 Å². The Morgan fingerprint density at radius 3 is 2.60 bits per heavy atom. The van der Waals surface area contributed by atoms with Gasteiger partial charge in [0.15, 0.2) is 0 Å². The molecule has 1 unspecified atom stereocenters. The monoisotopic (exact) mass is 159 g/mol. The summed E-state index contributed by atoms with van der Waals surface area (Å²) in [6.45, 7) is 0. The summed E-state index contributed by atoms with van der Waals surface area (Å²) in [6.07, 6.45) is -0.0197. The normalized spacial score (nSPS) is 24.6. The zero-order valence-corrected chi connectivity index (χ0v) is 5.77. The minimum absolute atomic E-state index is 0.0197. The van der Waals surface area contributed by atoms with Crippen LogP contribution in [0.1, 0.15) is 6.42 Å². The minimum Gasteiger partial charge on any atom is -0.481 e. The summed E-state index contributed by atoms with van der Waals surface area (Å²) < 4.78 is 0. The van der Waals surface area contributed by atoms with Gasteiger partial charge < -0.3 is 10.4 Å².